The van der Waals surface area contributed by atoms with Crippen molar-refractivity contribution in [3.8, 4) is 5.75 Å². The number of phenolic OH excluding ortho intramolecular Hbond substituents is 1. The second-order valence-electron chi connectivity index (χ2n) is 5.10. The average Bonchev–Trinajstić information content (AvgIpc) is 2.44. The molecule has 2 aromatic carbocycles. The number of benzene rings is 2. The molecule has 0 saturated heterocycles. The summed E-state index contributed by atoms with van der Waals surface area (Å²) in [4.78, 5) is 0. The largest absolute Gasteiger partial charge is 0.508 e. The number of anilines is 1. The molecular weight excluding hydrogens is 253 g/mol. The van der Waals surface area contributed by atoms with Crippen molar-refractivity contribution < 1.29 is 9.50 Å². The van der Waals surface area contributed by atoms with Gasteiger partial charge in [0.2, 0.25) is 0 Å². The molecule has 0 fully saturated rings. The summed E-state index contributed by atoms with van der Waals surface area (Å²) in [5.74, 6) is 0.0899. The molecule has 0 bridgehead atoms. The van der Waals surface area contributed by atoms with Crippen LogP contribution >= 0.6 is 0 Å². The van der Waals surface area contributed by atoms with Crippen molar-refractivity contribution in [2.45, 2.75) is 32.7 Å². The van der Waals surface area contributed by atoms with Crippen LogP contribution in [0.4, 0.5) is 10.1 Å². The number of halogens is 1. The van der Waals surface area contributed by atoms with Gasteiger partial charge >= 0.3 is 0 Å². The normalized spacial score (nSPS) is 12.2. The van der Waals surface area contributed by atoms with Crippen molar-refractivity contribution >= 4 is 5.69 Å². The first-order chi connectivity index (χ1) is 9.58. The summed E-state index contributed by atoms with van der Waals surface area (Å²) in [5, 5.41) is 12.6. The molecule has 2 N–H and O–H groups in total. The van der Waals surface area contributed by atoms with E-state index >= 15 is 0 Å². The molecule has 0 saturated carbocycles. The van der Waals surface area contributed by atoms with Gasteiger partial charge in [-0.25, -0.2) is 4.39 Å². The molecule has 2 aromatic rings. The maximum absolute atomic E-state index is 13.1. The Hall–Kier alpha value is -2.03. The van der Waals surface area contributed by atoms with Crippen LogP contribution in [0, 0.1) is 5.82 Å². The third-order valence-electron chi connectivity index (χ3n) is 3.53. The molecule has 3 heteroatoms. The molecule has 2 rings (SSSR count). The molecule has 0 aromatic heterocycles. The van der Waals surface area contributed by atoms with Crippen molar-refractivity contribution in [1.82, 2.24) is 0 Å². The van der Waals surface area contributed by atoms with E-state index in [1.807, 2.05) is 12.1 Å². The average molecular weight is 273 g/mol. The second kappa shape index (κ2) is 6.42. The van der Waals surface area contributed by atoms with Crippen LogP contribution in [0.25, 0.3) is 0 Å². The fourth-order valence-corrected chi connectivity index (χ4v) is 2.10. The number of phenols is 1. The van der Waals surface area contributed by atoms with E-state index in [2.05, 4.69) is 31.3 Å². The Bertz CT molecular complexity index is 545. The van der Waals surface area contributed by atoms with E-state index in [-0.39, 0.29) is 5.75 Å². The lowest BCUT2D eigenvalue weighted by Crippen LogP contribution is -2.00. The Morgan fingerprint density at radius 2 is 1.85 bits per heavy atom. The second-order valence-corrected chi connectivity index (χ2v) is 5.10. The predicted octanol–water partition coefficient (Wildman–Crippen LogP) is 4.66. The monoisotopic (exact) mass is 273 g/mol. The summed E-state index contributed by atoms with van der Waals surface area (Å²) in [6.07, 6.45) is 1.12. The van der Waals surface area contributed by atoms with Crippen LogP contribution in [0.3, 0.4) is 0 Å². The predicted molar refractivity (Wildman–Crippen MR) is 80.5 cm³/mol. The Morgan fingerprint density at radius 3 is 2.45 bits per heavy atom. The van der Waals surface area contributed by atoms with Gasteiger partial charge in [0.15, 0.2) is 0 Å². The van der Waals surface area contributed by atoms with Gasteiger partial charge in [-0.1, -0.05) is 26.0 Å². The summed E-state index contributed by atoms with van der Waals surface area (Å²) in [6, 6.07) is 12.4. The maximum Gasteiger partial charge on any atom is 0.127 e. The van der Waals surface area contributed by atoms with Gasteiger partial charge in [0, 0.05) is 18.3 Å². The van der Waals surface area contributed by atoms with Crippen molar-refractivity contribution in [3.05, 3.63) is 59.4 Å². The standard InChI is InChI=1S/C17H20FNO/c1-3-12(2)14-4-6-16(7-5-14)19-11-13-8-15(18)10-17(20)9-13/h4-10,12,19-20H,3,11H2,1-2H3. The van der Waals surface area contributed by atoms with Gasteiger partial charge in [-0.15, -0.1) is 0 Å². The van der Waals surface area contributed by atoms with Crippen LogP contribution < -0.4 is 5.32 Å². The van der Waals surface area contributed by atoms with E-state index in [0.29, 0.717) is 18.0 Å². The highest BCUT2D eigenvalue weighted by Crippen LogP contribution is 2.21. The quantitative estimate of drug-likeness (QED) is 0.830. The lowest BCUT2D eigenvalue weighted by Gasteiger charge is -2.11. The fraction of sp³-hybridized carbons (Fsp3) is 0.294. The first-order valence-corrected chi connectivity index (χ1v) is 6.90. The molecule has 1 unspecified atom stereocenters. The molecule has 0 radical (unpaired) electrons. The van der Waals surface area contributed by atoms with Crippen LogP contribution in [0.5, 0.6) is 5.75 Å². The number of rotatable bonds is 5. The van der Waals surface area contributed by atoms with Gasteiger partial charge in [-0.05, 0) is 47.7 Å². The van der Waals surface area contributed by atoms with Crippen molar-refractivity contribution in [1.29, 1.82) is 0 Å². The minimum atomic E-state index is -0.422. The van der Waals surface area contributed by atoms with E-state index < -0.39 is 5.82 Å². The van der Waals surface area contributed by atoms with Crippen LogP contribution in [0.2, 0.25) is 0 Å². The number of nitrogens with one attached hydrogen (secondary N) is 1. The minimum Gasteiger partial charge on any atom is -0.508 e. The van der Waals surface area contributed by atoms with Crippen molar-refractivity contribution in [2.24, 2.45) is 0 Å². The highest BCUT2D eigenvalue weighted by Gasteiger charge is 2.03. The summed E-state index contributed by atoms with van der Waals surface area (Å²) in [5.41, 5.74) is 3.02. The molecule has 20 heavy (non-hydrogen) atoms. The first-order valence-electron chi connectivity index (χ1n) is 6.90. The van der Waals surface area contributed by atoms with E-state index in [4.69, 9.17) is 0 Å². The molecular formula is C17H20FNO. The summed E-state index contributed by atoms with van der Waals surface area (Å²) in [6.45, 7) is 4.86. The highest BCUT2D eigenvalue weighted by atomic mass is 19.1. The van der Waals surface area contributed by atoms with Crippen LogP contribution in [0.15, 0.2) is 42.5 Å². The van der Waals surface area contributed by atoms with Gasteiger partial charge in [-0.3, -0.25) is 0 Å². The Balaban J connectivity index is 2.00. The Kier molecular flexibility index (Phi) is 4.61. The number of hydrogen-bond donors (Lipinski definition) is 2. The third kappa shape index (κ3) is 3.73. The molecule has 0 spiro atoms. The van der Waals surface area contributed by atoms with Crippen LogP contribution in [-0.2, 0) is 6.54 Å². The minimum absolute atomic E-state index is 0.0473. The van der Waals surface area contributed by atoms with E-state index in [9.17, 15) is 9.50 Å². The third-order valence-corrected chi connectivity index (χ3v) is 3.53. The molecule has 0 heterocycles. The van der Waals surface area contributed by atoms with Gasteiger partial charge in [0.1, 0.15) is 11.6 Å². The first kappa shape index (κ1) is 14.4. The maximum atomic E-state index is 13.1. The molecule has 0 aliphatic heterocycles. The molecule has 0 aliphatic rings. The topological polar surface area (TPSA) is 32.3 Å². The van der Waals surface area contributed by atoms with Gasteiger partial charge in [-0.2, -0.15) is 0 Å². The van der Waals surface area contributed by atoms with Crippen LogP contribution in [0.1, 0.15) is 37.3 Å². The smallest absolute Gasteiger partial charge is 0.127 e. The Morgan fingerprint density at radius 1 is 1.15 bits per heavy atom. The van der Waals surface area contributed by atoms with Gasteiger partial charge in [0.25, 0.3) is 0 Å². The van der Waals surface area contributed by atoms with Crippen molar-refractivity contribution in [2.75, 3.05) is 5.32 Å². The highest BCUT2D eigenvalue weighted by molar-refractivity contribution is 5.46. The zero-order valence-electron chi connectivity index (χ0n) is 11.9. The summed E-state index contributed by atoms with van der Waals surface area (Å²) >= 11 is 0. The van der Waals surface area contributed by atoms with Gasteiger partial charge < -0.3 is 10.4 Å². The molecule has 106 valence electrons. The SMILES string of the molecule is CCC(C)c1ccc(NCc2cc(O)cc(F)c2)cc1. The van der Waals surface area contributed by atoms with Crippen LogP contribution in [-0.4, -0.2) is 5.11 Å². The fourth-order valence-electron chi connectivity index (χ4n) is 2.10. The number of hydrogen-bond acceptors (Lipinski definition) is 2. The summed E-state index contributed by atoms with van der Waals surface area (Å²) in [7, 11) is 0. The summed E-state index contributed by atoms with van der Waals surface area (Å²) < 4.78 is 13.1. The number of aromatic hydroxyl groups is 1. The molecule has 0 aliphatic carbocycles. The Labute approximate surface area is 119 Å². The molecule has 2 nitrogen and oxygen atoms in total. The van der Waals surface area contributed by atoms with E-state index in [1.54, 1.807) is 6.07 Å². The lowest BCUT2D eigenvalue weighted by atomic mass is 9.99. The molecule has 1 atom stereocenters. The van der Waals surface area contributed by atoms with E-state index in [1.165, 1.54) is 11.6 Å². The zero-order chi connectivity index (χ0) is 14.5. The van der Waals surface area contributed by atoms with E-state index in [0.717, 1.165) is 18.2 Å². The lowest BCUT2D eigenvalue weighted by molar-refractivity contribution is 0.468. The molecule has 0 amide bonds. The van der Waals surface area contributed by atoms with Crippen molar-refractivity contribution in [3.63, 3.8) is 0 Å². The van der Waals surface area contributed by atoms with Gasteiger partial charge in [0.05, 0.1) is 0 Å². The zero-order valence-corrected chi connectivity index (χ0v) is 11.9.